The number of likely N-dealkylation sites (tertiary alicyclic amines) is 1. The van der Waals surface area contributed by atoms with Crippen LogP contribution < -0.4 is 0 Å². The Hall–Kier alpha value is -1.84. The van der Waals surface area contributed by atoms with E-state index in [2.05, 4.69) is 6.92 Å². The molecule has 0 N–H and O–H groups in total. The van der Waals surface area contributed by atoms with Crippen LogP contribution in [0, 0.1) is 0 Å². The quantitative estimate of drug-likeness (QED) is 0.807. The van der Waals surface area contributed by atoms with Gasteiger partial charge in [0.1, 0.15) is 6.54 Å². The fraction of sp³-hybridized carbons (Fsp3) is 0.529. The summed E-state index contributed by atoms with van der Waals surface area (Å²) in [6.45, 7) is 4.60. The van der Waals surface area contributed by atoms with Gasteiger partial charge in [-0.1, -0.05) is 31.5 Å². The molecule has 0 bridgehead atoms. The van der Waals surface area contributed by atoms with Gasteiger partial charge in [-0.15, -0.1) is 0 Å². The Labute approximate surface area is 126 Å². The van der Waals surface area contributed by atoms with Crippen molar-refractivity contribution in [3.05, 3.63) is 35.9 Å². The number of rotatable bonds is 6. The number of amides is 2. The van der Waals surface area contributed by atoms with Crippen LogP contribution in [0.25, 0.3) is 0 Å². The van der Waals surface area contributed by atoms with Crippen molar-refractivity contribution in [3.63, 3.8) is 0 Å². The van der Waals surface area contributed by atoms with Crippen LogP contribution in [0.5, 0.6) is 0 Å². The summed E-state index contributed by atoms with van der Waals surface area (Å²) in [4.78, 5) is 28.4. The molecule has 114 valence electrons. The summed E-state index contributed by atoms with van der Waals surface area (Å²) >= 11 is 0. The van der Waals surface area contributed by atoms with Crippen molar-refractivity contribution in [1.82, 2.24) is 9.80 Å². The second-order valence-corrected chi connectivity index (χ2v) is 5.53. The van der Waals surface area contributed by atoms with Crippen molar-refractivity contribution < 1.29 is 9.59 Å². The maximum Gasteiger partial charge on any atom is 0.254 e. The van der Waals surface area contributed by atoms with Crippen molar-refractivity contribution in [2.75, 3.05) is 26.2 Å². The first-order valence-electron chi connectivity index (χ1n) is 7.84. The molecule has 4 nitrogen and oxygen atoms in total. The fourth-order valence-corrected chi connectivity index (χ4v) is 2.59. The molecule has 0 radical (unpaired) electrons. The lowest BCUT2D eigenvalue weighted by Gasteiger charge is -2.25. The Bertz CT molecular complexity index is 467. The number of hydrogen-bond acceptors (Lipinski definition) is 2. The third-order valence-electron chi connectivity index (χ3n) is 3.87. The van der Waals surface area contributed by atoms with Crippen LogP contribution in [0.4, 0.5) is 0 Å². The van der Waals surface area contributed by atoms with Gasteiger partial charge < -0.3 is 9.80 Å². The van der Waals surface area contributed by atoms with E-state index in [4.69, 9.17) is 0 Å². The molecule has 1 aromatic rings. The van der Waals surface area contributed by atoms with Gasteiger partial charge in [0.05, 0.1) is 0 Å². The first kappa shape index (κ1) is 15.5. The van der Waals surface area contributed by atoms with Crippen molar-refractivity contribution in [2.45, 2.75) is 32.6 Å². The number of carbonyl (C=O) groups is 2. The molecule has 0 spiro atoms. The number of benzene rings is 1. The Balaban J connectivity index is 2.03. The Morgan fingerprint density at radius 3 is 2.43 bits per heavy atom. The molecule has 0 atom stereocenters. The minimum Gasteiger partial charge on any atom is -0.341 e. The lowest BCUT2D eigenvalue weighted by Crippen LogP contribution is -2.42. The molecule has 2 amide bonds. The van der Waals surface area contributed by atoms with Gasteiger partial charge in [0, 0.05) is 25.2 Å². The molecular formula is C17H24N2O2. The first-order chi connectivity index (χ1) is 10.2. The predicted octanol–water partition coefficient (Wildman–Crippen LogP) is 2.55. The SMILES string of the molecule is CCCCN(CC(=O)N1CCCC1)C(=O)c1ccccc1. The van der Waals surface area contributed by atoms with Gasteiger partial charge in [0.2, 0.25) is 5.91 Å². The van der Waals surface area contributed by atoms with E-state index in [1.165, 1.54) is 0 Å². The van der Waals surface area contributed by atoms with Crippen molar-refractivity contribution in [2.24, 2.45) is 0 Å². The molecule has 1 aliphatic rings. The largest absolute Gasteiger partial charge is 0.341 e. The van der Waals surface area contributed by atoms with Gasteiger partial charge in [-0.2, -0.15) is 0 Å². The molecule has 1 fully saturated rings. The minimum atomic E-state index is -0.0448. The van der Waals surface area contributed by atoms with E-state index in [0.717, 1.165) is 38.8 Å². The highest BCUT2D eigenvalue weighted by molar-refractivity contribution is 5.96. The summed E-state index contributed by atoms with van der Waals surface area (Å²) in [6.07, 6.45) is 4.09. The number of nitrogens with zero attached hydrogens (tertiary/aromatic N) is 2. The van der Waals surface area contributed by atoms with E-state index >= 15 is 0 Å². The van der Waals surface area contributed by atoms with Gasteiger partial charge in [0.25, 0.3) is 5.91 Å². The van der Waals surface area contributed by atoms with Crippen LogP contribution in [0.1, 0.15) is 43.0 Å². The monoisotopic (exact) mass is 288 g/mol. The topological polar surface area (TPSA) is 40.6 Å². The molecule has 0 aliphatic carbocycles. The van der Waals surface area contributed by atoms with E-state index in [-0.39, 0.29) is 18.4 Å². The zero-order chi connectivity index (χ0) is 15.1. The van der Waals surface area contributed by atoms with Gasteiger partial charge in [-0.25, -0.2) is 0 Å². The molecule has 1 aliphatic heterocycles. The lowest BCUT2D eigenvalue weighted by molar-refractivity contribution is -0.130. The smallest absolute Gasteiger partial charge is 0.254 e. The molecule has 0 aromatic heterocycles. The van der Waals surface area contributed by atoms with Crippen LogP contribution in [0.3, 0.4) is 0 Å². The van der Waals surface area contributed by atoms with Gasteiger partial charge >= 0.3 is 0 Å². The average Bonchev–Trinajstić information content (AvgIpc) is 3.06. The molecule has 1 heterocycles. The maximum absolute atomic E-state index is 12.6. The summed E-state index contributed by atoms with van der Waals surface area (Å²) in [6, 6.07) is 9.22. The Morgan fingerprint density at radius 2 is 1.81 bits per heavy atom. The number of hydrogen-bond donors (Lipinski definition) is 0. The fourth-order valence-electron chi connectivity index (χ4n) is 2.59. The minimum absolute atomic E-state index is 0.0448. The van der Waals surface area contributed by atoms with E-state index in [1.54, 1.807) is 4.90 Å². The number of carbonyl (C=O) groups excluding carboxylic acids is 2. The second-order valence-electron chi connectivity index (χ2n) is 5.53. The summed E-state index contributed by atoms with van der Waals surface area (Å²) < 4.78 is 0. The molecule has 2 rings (SSSR count). The zero-order valence-electron chi connectivity index (χ0n) is 12.8. The van der Waals surface area contributed by atoms with Gasteiger partial charge in [-0.3, -0.25) is 9.59 Å². The molecule has 1 aromatic carbocycles. The van der Waals surface area contributed by atoms with E-state index in [9.17, 15) is 9.59 Å². The maximum atomic E-state index is 12.6. The van der Waals surface area contributed by atoms with Crippen molar-refractivity contribution in [1.29, 1.82) is 0 Å². The summed E-state index contributed by atoms with van der Waals surface area (Å²) in [5, 5.41) is 0. The molecule has 21 heavy (non-hydrogen) atoms. The normalized spacial score (nSPS) is 14.2. The van der Waals surface area contributed by atoms with Gasteiger partial charge in [0.15, 0.2) is 0 Å². The van der Waals surface area contributed by atoms with Crippen LogP contribution in [0.15, 0.2) is 30.3 Å². The molecule has 0 unspecified atom stereocenters. The highest BCUT2D eigenvalue weighted by atomic mass is 16.2. The molecule has 0 saturated carbocycles. The third kappa shape index (κ3) is 4.31. The first-order valence-corrected chi connectivity index (χ1v) is 7.84. The standard InChI is InChI=1S/C17H24N2O2/c1-2-3-11-19(14-16(20)18-12-7-8-13-18)17(21)15-9-5-4-6-10-15/h4-6,9-10H,2-3,7-8,11-14H2,1H3. The highest BCUT2D eigenvalue weighted by Gasteiger charge is 2.23. The van der Waals surface area contributed by atoms with E-state index in [0.29, 0.717) is 12.1 Å². The summed E-state index contributed by atoms with van der Waals surface area (Å²) in [7, 11) is 0. The second kappa shape index (κ2) is 7.81. The zero-order valence-corrected chi connectivity index (χ0v) is 12.8. The third-order valence-corrected chi connectivity index (χ3v) is 3.87. The average molecular weight is 288 g/mol. The molecule has 1 saturated heterocycles. The molecular weight excluding hydrogens is 264 g/mol. The number of unbranched alkanes of at least 4 members (excludes halogenated alkanes) is 1. The summed E-state index contributed by atoms with van der Waals surface area (Å²) in [5.41, 5.74) is 0.655. The lowest BCUT2D eigenvalue weighted by atomic mass is 10.2. The van der Waals surface area contributed by atoms with Crippen LogP contribution in [-0.2, 0) is 4.79 Å². The van der Waals surface area contributed by atoms with Crippen LogP contribution in [0.2, 0.25) is 0 Å². The predicted molar refractivity (Wildman–Crippen MR) is 83.1 cm³/mol. The van der Waals surface area contributed by atoms with Crippen LogP contribution in [-0.4, -0.2) is 47.8 Å². The van der Waals surface area contributed by atoms with Crippen molar-refractivity contribution >= 4 is 11.8 Å². The summed E-state index contributed by atoms with van der Waals surface area (Å²) in [5.74, 6) is 0.0319. The van der Waals surface area contributed by atoms with E-state index in [1.807, 2.05) is 35.2 Å². The van der Waals surface area contributed by atoms with Crippen molar-refractivity contribution in [3.8, 4) is 0 Å². The van der Waals surface area contributed by atoms with E-state index < -0.39 is 0 Å². The molecule has 4 heteroatoms. The van der Waals surface area contributed by atoms with Crippen LogP contribution >= 0.6 is 0 Å². The van der Waals surface area contributed by atoms with Gasteiger partial charge in [-0.05, 0) is 31.4 Å². The highest BCUT2D eigenvalue weighted by Crippen LogP contribution is 2.11. The Kier molecular flexibility index (Phi) is 5.78. The Morgan fingerprint density at radius 1 is 1.14 bits per heavy atom.